The molecular formula is C25H30N2O. The Hall–Kier alpha value is -2.39. The largest absolute Gasteiger partial charge is 0.361 e. The van der Waals surface area contributed by atoms with E-state index in [1.165, 1.54) is 35.9 Å². The molecule has 28 heavy (non-hydrogen) atoms. The summed E-state index contributed by atoms with van der Waals surface area (Å²) in [5, 5.41) is 1.27. The summed E-state index contributed by atoms with van der Waals surface area (Å²) < 4.78 is 0. The Morgan fingerprint density at radius 1 is 1.21 bits per heavy atom. The first-order chi connectivity index (χ1) is 13.5. The zero-order chi connectivity index (χ0) is 19.7. The van der Waals surface area contributed by atoms with Crippen LogP contribution >= 0.6 is 0 Å². The predicted molar refractivity (Wildman–Crippen MR) is 116 cm³/mol. The third-order valence-electron chi connectivity index (χ3n) is 6.20. The molecule has 3 heteroatoms. The average molecular weight is 375 g/mol. The van der Waals surface area contributed by atoms with Crippen molar-refractivity contribution < 1.29 is 4.79 Å². The number of nitrogens with one attached hydrogen (secondary N) is 1. The van der Waals surface area contributed by atoms with Crippen LogP contribution in [-0.2, 0) is 12.8 Å². The van der Waals surface area contributed by atoms with Gasteiger partial charge in [-0.3, -0.25) is 4.79 Å². The highest BCUT2D eigenvalue weighted by Crippen LogP contribution is 2.26. The molecule has 1 fully saturated rings. The van der Waals surface area contributed by atoms with Gasteiger partial charge in [-0.15, -0.1) is 0 Å². The molecule has 1 N–H and O–H groups in total. The fourth-order valence-corrected chi connectivity index (χ4v) is 4.35. The van der Waals surface area contributed by atoms with E-state index in [4.69, 9.17) is 0 Å². The number of benzene rings is 2. The van der Waals surface area contributed by atoms with E-state index in [0.717, 1.165) is 23.1 Å². The Balaban J connectivity index is 1.55. The van der Waals surface area contributed by atoms with Crippen LogP contribution in [0.1, 0.15) is 59.7 Å². The minimum absolute atomic E-state index is 0.189. The van der Waals surface area contributed by atoms with Crippen molar-refractivity contribution in [1.29, 1.82) is 0 Å². The average Bonchev–Trinajstić information content (AvgIpc) is 3.28. The third kappa shape index (κ3) is 3.90. The lowest BCUT2D eigenvalue weighted by molar-refractivity contribution is 0.0993. The van der Waals surface area contributed by atoms with Gasteiger partial charge in [0.2, 0.25) is 0 Å². The monoisotopic (exact) mass is 374 g/mol. The van der Waals surface area contributed by atoms with E-state index in [9.17, 15) is 4.79 Å². The van der Waals surface area contributed by atoms with Gasteiger partial charge in [0, 0.05) is 35.1 Å². The van der Waals surface area contributed by atoms with Crippen molar-refractivity contribution in [2.45, 2.75) is 51.5 Å². The van der Waals surface area contributed by atoms with Gasteiger partial charge in [0.05, 0.1) is 0 Å². The number of carbonyl (C=O) groups is 1. The van der Waals surface area contributed by atoms with E-state index < -0.39 is 0 Å². The van der Waals surface area contributed by atoms with Gasteiger partial charge in [-0.25, -0.2) is 0 Å². The number of carbonyl (C=O) groups excluding carboxylic acids is 1. The van der Waals surface area contributed by atoms with Gasteiger partial charge in [0.25, 0.3) is 0 Å². The number of rotatable bonds is 6. The Kier molecular flexibility index (Phi) is 5.36. The van der Waals surface area contributed by atoms with Gasteiger partial charge in [-0.1, -0.05) is 38.1 Å². The van der Waals surface area contributed by atoms with E-state index >= 15 is 0 Å². The maximum Gasteiger partial charge on any atom is 0.167 e. The Bertz CT molecular complexity index is 985. The number of aromatic amines is 1. The highest BCUT2D eigenvalue weighted by atomic mass is 16.1. The van der Waals surface area contributed by atoms with Crippen LogP contribution in [-0.4, -0.2) is 35.3 Å². The zero-order valence-electron chi connectivity index (χ0n) is 17.2. The van der Waals surface area contributed by atoms with Crippen molar-refractivity contribution in [3.05, 3.63) is 70.9 Å². The smallest absolute Gasteiger partial charge is 0.167 e. The van der Waals surface area contributed by atoms with Crippen molar-refractivity contribution in [2.75, 3.05) is 13.6 Å². The molecule has 1 atom stereocenters. The molecule has 0 saturated carbocycles. The Morgan fingerprint density at radius 3 is 2.82 bits per heavy atom. The Morgan fingerprint density at radius 2 is 2.07 bits per heavy atom. The minimum Gasteiger partial charge on any atom is -0.361 e. The molecule has 1 saturated heterocycles. The van der Waals surface area contributed by atoms with Crippen molar-refractivity contribution in [2.24, 2.45) is 0 Å². The normalized spacial score (nSPS) is 17.6. The van der Waals surface area contributed by atoms with Crippen LogP contribution in [0, 0.1) is 0 Å². The molecule has 1 aromatic heterocycles. The molecule has 0 radical (unpaired) electrons. The van der Waals surface area contributed by atoms with Crippen molar-refractivity contribution in [3.8, 4) is 0 Å². The first-order valence-corrected chi connectivity index (χ1v) is 10.4. The summed E-state index contributed by atoms with van der Waals surface area (Å²) in [5.41, 5.74) is 5.65. The van der Waals surface area contributed by atoms with Crippen LogP contribution in [0.15, 0.2) is 48.7 Å². The number of aromatic nitrogens is 1. The first-order valence-electron chi connectivity index (χ1n) is 10.4. The van der Waals surface area contributed by atoms with Crippen molar-refractivity contribution in [3.63, 3.8) is 0 Å². The number of hydrogen-bond acceptors (Lipinski definition) is 2. The number of Topliss-reactive ketones (excluding diaryl/α,β-unsaturated/α-hetero) is 1. The van der Waals surface area contributed by atoms with Crippen LogP contribution in [0.25, 0.3) is 10.9 Å². The fourth-order valence-electron chi connectivity index (χ4n) is 4.35. The molecule has 1 unspecified atom stereocenters. The number of ketones is 1. The van der Waals surface area contributed by atoms with Crippen molar-refractivity contribution >= 4 is 16.7 Å². The fraction of sp³-hybridized carbons (Fsp3) is 0.400. The number of hydrogen-bond donors (Lipinski definition) is 1. The summed E-state index contributed by atoms with van der Waals surface area (Å²) in [6, 6.07) is 15.1. The van der Waals surface area contributed by atoms with Gasteiger partial charge in [0.1, 0.15) is 0 Å². The molecule has 0 spiro atoms. The summed E-state index contributed by atoms with van der Waals surface area (Å²) in [5.74, 6) is 0.620. The van der Waals surface area contributed by atoms with Crippen LogP contribution in [0.5, 0.6) is 0 Å². The molecule has 0 amide bonds. The quantitative estimate of drug-likeness (QED) is 0.590. The maximum absolute atomic E-state index is 12.9. The highest BCUT2D eigenvalue weighted by Gasteiger charge is 2.22. The van der Waals surface area contributed by atoms with Crippen LogP contribution in [0.4, 0.5) is 0 Å². The summed E-state index contributed by atoms with van der Waals surface area (Å²) in [4.78, 5) is 18.7. The SMILES string of the molecule is CC(C)c1cccc(C(=O)Cc2ccc3[nH]cc(CC4CCCN4C)c3c2)c1. The second kappa shape index (κ2) is 7.92. The Labute approximate surface area is 167 Å². The van der Waals surface area contributed by atoms with Gasteiger partial charge in [-0.05, 0) is 73.7 Å². The van der Waals surface area contributed by atoms with E-state index in [2.05, 4.69) is 61.2 Å². The van der Waals surface area contributed by atoms with E-state index in [1.807, 2.05) is 18.2 Å². The van der Waals surface area contributed by atoms with E-state index in [1.54, 1.807) is 0 Å². The molecule has 2 heterocycles. The lowest BCUT2D eigenvalue weighted by Crippen LogP contribution is -2.26. The minimum atomic E-state index is 0.189. The number of H-pyrrole nitrogens is 1. The summed E-state index contributed by atoms with van der Waals surface area (Å²) >= 11 is 0. The summed E-state index contributed by atoms with van der Waals surface area (Å²) in [6.07, 6.45) is 6.23. The standard InChI is InChI=1S/C25H30N2O/c1-17(2)19-6-4-7-20(14-19)25(28)13-18-9-10-24-23(12-18)21(16-26-24)15-22-8-5-11-27(22)3/h4,6-7,9-10,12,14,16-17,22,26H,5,8,11,13,15H2,1-3H3. The number of likely N-dealkylation sites (N-methyl/N-ethyl adjacent to an activating group) is 1. The topological polar surface area (TPSA) is 36.1 Å². The zero-order valence-corrected chi connectivity index (χ0v) is 17.2. The van der Waals surface area contributed by atoms with Gasteiger partial charge < -0.3 is 9.88 Å². The van der Waals surface area contributed by atoms with E-state index in [-0.39, 0.29) is 5.78 Å². The second-order valence-corrected chi connectivity index (χ2v) is 8.55. The van der Waals surface area contributed by atoms with Gasteiger partial charge >= 0.3 is 0 Å². The molecule has 0 aliphatic carbocycles. The van der Waals surface area contributed by atoms with Gasteiger partial charge in [0.15, 0.2) is 5.78 Å². The van der Waals surface area contributed by atoms with Crippen LogP contribution in [0.3, 0.4) is 0 Å². The third-order valence-corrected chi connectivity index (χ3v) is 6.20. The molecule has 4 rings (SSSR count). The molecule has 1 aliphatic rings. The highest BCUT2D eigenvalue weighted by molar-refractivity contribution is 5.98. The number of nitrogens with zero attached hydrogens (tertiary/aromatic N) is 1. The number of fused-ring (bicyclic) bond motifs is 1. The van der Waals surface area contributed by atoms with Gasteiger partial charge in [-0.2, -0.15) is 0 Å². The maximum atomic E-state index is 12.9. The second-order valence-electron chi connectivity index (χ2n) is 8.55. The predicted octanol–water partition coefficient (Wildman–Crippen LogP) is 5.35. The molecule has 146 valence electrons. The number of likely N-dealkylation sites (tertiary alicyclic amines) is 1. The van der Waals surface area contributed by atoms with Crippen molar-refractivity contribution in [1.82, 2.24) is 9.88 Å². The van der Waals surface area contributed by atoms with Crippen LogP contribution < -0.4 is 0 Å². The molecule has 1 aliphatic heterocycles. The molecule has 0 bridgehead atoms. The van der Waals surface area contributed by atoms with Crippen LogP contribution in [0.2, 0.25) is 0 Å². The molecule has 3 nitrogen and oxygen atoms in total. The lowest BCUT2D eigenvalue weighted by atomic mass is 9.96. The molecule has 2 aromatic carbocycles. The molecule has 3 aromatic rings. The summed E-state index contributed by atoms with van der Waals surface area (Å²) in [6.45, 7) is 5.52. The summed E-state index contributed by atoms with van der Waals surface area (Å²) in [7, 11) is 2.22. The van der Waals surface area contributed by atoms with E-state index in [0.29, 0.717) is 18.4 Å². The first kappa shape index (κ1) is 18.9. The lowest BCUT2D eigenvalue weighted by Gasteiger charge is -2.18. The molecular weight excluding hydrogens is 344 g/mol.